The van der Waals surface area contributed by atoms with Crippen LogP contribution in [0.3, 0.4) is 0 Å². The summed E-state index contributed by atoms with van der Waals surface area (Å²) in [5, 5.41) is 1.39. The standard InChI is InChI=1S/C15H19N/c1-3-4-5-6-7-13-11-16-15-9-8-12(2)10-14(13)15/h3,8-11,16H,1,4-7H2,2H3. The van der Waals surface area contributed by atoms with Crippen LogP contribution >= 0.6 is 0 Å². The van der Waals surface area contributed by atoms with Gasteiger partial charge in [0.25, 0.3) is 0 Å². The predicted octanol–water partition coefficient (Wildman–Crippen LogP) is 4.38. The highest BCUT2D eigenvalue weighted by Crippen LogP contribution is 2.21. The third kappa shape index (κ3) is 2.35. The smallest absolute Gasteiger partial charge is 0.0456 e. The summed E-state index contributed by atoms with van der Waals surface area (Å²) in [5.41, 5.74) is 4.03. The molecule has 0 atom stereocenters. The van der Waals surface area contributed by atoms with E-state index in [1.165, 1.54) is 34.9 Å². The molecule has 0 aliphatic heterocycles. The molecule has 0 amide bonds. The van der Waals surface area contributed by atoms with Gasteiger partial charge in [0.05, 0.1) is 0 Å². The van der Waals surface area contributed by atoms with Crippen LogP contribution < -0.4 is 0 Å². The second kappa shape index (κ2) is 5.02. The maximum Gasteiger partial charge on any atom is 0.0456 e. The average molecular weight is 213 g/mol. The SMILES string of the molecule is C=CCCCCc1c[nH]c2ccc(C)cc12. The fourth-order valence-electron chi connectivity index (χ4n) is 2.10. The fourth-order valence-corrected chi connectivity index (χ4v) is 2.10. The predicted molar refractivity (Wildman–Crippen MR) is 70.8 cm³/mol. The van der Waals surface area contributed by atoms with E-state index >= 15 is 0 Å². The van der Waals surface area contributed by atoms with Crippen LogP contribution in [0.15, 0.2) is 37.1 Å². The van der Waals surface area contributed by atoms with E-state index in [-0.39, 0.29) is 0 Å². The van der Waals surface area contributed by atoms with Crippen molar-refractivity contribution in [2.75, 3.05) is 0 Å². The minimum absolute atomic E-state index is 1.13. The zero-order valence-electron chi connectivity index (χ0n) is 9.92. The minimum Gasteiger partial charge on any atom is -0.361 e. The number of aryl methyl sites for hydroxylation is 2. The van der Waals surface area contributed by atoms with E-state index in [4.69, 9.17) is 0 Å². The van der Waals surface area contributed by atoms with Crippen molar-refractivity contribution in [2.24, 2.45) is 0 Å². The Balaban J connectivity index is 2.11. The third-order valence-corrected chi connectivity index (χ3v) is 3.03. The number of aromatic amines is 1. The van der Waals surface area contributed by atoms with Gasteiger partial charge in [-0.1, -0.05) is 17.7 Å². The van der Waals surface area contributed by atoms with Crippen LogP contribution in [0.4, 0.5) is 0 Å². The molecule has 1 N–H and O–H groups in total. The van der Waals surface area contributed by atoms with Crippen molar-refractivity contribution in [3.8, 4) is 0 Å². The Bertz CT molecular complexity index is 479. The number of rotatable bonds is 5. The average Bonchev–Trinajstić information content (AvgIpc) is 2.67. The second-order valence-electron chi connectivity index (χ2n) is 4.40. The van der Waals surface area contributed by atoms with Gasteiger partial charge in [0.2, 0.25) is 0 Å². The van der Waals surface area contributed by atoms with Crippen molar-refractivity contribution in [1.29, 1.82) is 0 Å². The maximum atomic E-state index is 3.75. The molecule has 2 aromatic rings. The number of aromatic nitrogens is 1. The van der Waals surface area contributed by atoms with Gasteiger partial charge in [-0.3, -0.25) is 0 Å². The number of benzene rings is 1. The number of H-pyrrole nitrogens is 1. The quantitative estimate of drug-likeness (QED) is 0.560. The highest BCUT2D eigenvalue weighted by atomic mass is 14.7. The van der Waals surface area contributed by atoms with Gasteiger partial charge in [-0.25, -0.2) is 0 Å². The van der Waals surface area contributed by atoms with Crippen LogP contribution in [0.25, 0.3) is 10.9 Å². The van der Waals surface area contributed by atoms with Gasteiger partial charge in [-0.05, 0) is 50.3 Å². The van der Waals surface area contributed by atoms with Crippen LogP contribution in [0.1, 0.15) is 30.4 Å². The molecule has 2 rings (SSSR count). The van der Waals surface area contributed by atoms with E-state index in [0.717, 1.165) is 12.8 Å². The summed E-state index contributed by atoms with van der Waals surface area (Å²) in [4.78, 5) is 3.34. The molecule has 0 spiro atoms. The number of fused-ring (bicyclic) bond motifs is 1. The topological polar surface area (TPSA) is 15.8 Å². The molecule has 0 aliphatic carbocycles. The molecule has 0 saturated carbocycles. The molecule has 0 bridgehead atoms. The molecule has 1 nitrogen and oxygen atoms in total. The highest BCUT2D eigenvalue weighted by molar-refractivity contribution is 5.83. The Morgan fingerprint density at radius 3 is 3.00 bits per heavy atom. The molecule has 0 unspecified atom stereocenters. The summed E-state index contributed by atoms with van der Waals surface area (Å²) in [6.07, 6.45) is 8.92. The van der Waals surface area contributed by atoms with Crippen molar-refractivity contribution >= 4 is 10.9 Å². The third-order valence-electron chi connectivity index (χ3n) is 3.03. The number of hydrogen-bond acceptors (Lipinski definition) is 0. The first-order valence-electron chi connectivity index (χ1n) is 5.99. The first-order valence-corrected chi connectivity index (χ1v) is 5.99. The van der Waals surface area contributed by atoms with Crippen LogP contribution in [0.5, 0.6) is 0 Å². The van der Waals surface area contributed by atoms with Crippen LogP contribution in [0.2, 0.25) is 0 Å². The zero-order valence-corrected chi connectivity index (χ0v) is 9.92. The minimum atomic E-state index is 1.13. The Labute approximate surface area is 97.2 Å². The zero-order chi connectivity index (χ0) is 11.4. The lowest BCUT2D eigenvalue weighted by Crippen LogP contribution is -1.83. The van der Waals surface area contributed by atoms with Crippen molar-refractivity contribution in [2.45, 2.75) is 32.6 Å². The van der Waals surface area contributed by atoms with Gasteiger partial charge in [-0.2, -0.15) is 0 Å². The molecule has 84 valence electrons. The first kappa shape index (κ1) is 11.0. The summed E-state index contributed by atoms with van der Waals surface area (Å²) < 4.78 is 0. The van der Waals surface area contributed by atoms with E-state index in [1.54, 1.807) is 0 Å². The summed E-state index contributed by atoms with van der Waals surface area (Å²) in [6, 6.07) is 6.59. The van der Waals surface area contributed by atoms with Gasteiger partial charge in [-0.15, -0.1) is 6.58 Å². The monoisotopic (exact) mass is 213 g/mol. The van der Waals surface area contributed by atoms with Crippen molar-refractivity contribution in [3.05, 3.63) is 48.2 Å². The molecule has 0 radical (unpaired) electrons. The van der Waals surface area contributed by atoms with E-state index < -0.39 is 0 Å². The van der Waals surface area contributed by atoms with Crippen LogP contribution in [-0.2, 0) is 6.42 Å². The van der Waals surface area contributed by atoms with Gasteiger partial charge in [0.1, 0.15) is 0 Å². The summed E-state index contributed by atoms with van der Waals surface area (Å²) in [7, 11) is 0. The molecule has 0 saturated heterocycles. The molecule has 0 fully saturated rings. The Hall–Kier alpha value is -1.50. The van der Waals surface area contributed by atoms with Crippen molar-refractivity contribution in [3.63, 3.8) is 0 Å². The van der Waals surface area contributed by atoms with Crippen LogP contribution in [-0.4, -0.2) is 4.98 Å². The number of allylic oxidation sites excluding steroid dienone is 1. The largest absolute Gasteiger partial charge is 0.361 e. The summed E-state index contributed by atoms with van der Waals surface area (Å²) >= 11 is 0. The lowest BCUT2D eigenvalue weighted by molar-refractivity contribution is 0.751. The molecular weight excluding hydrogens is 194 g/mol. The first-order chi connectivity index (χ1) is 7.81. The van der Waals surface area contributed by atoms with Gasteiger partial charge >= 0.3 is 0 Å². The van der Waals surface area contributed by atoms with E-state index in [2.05, 4.69) is 42.9 Å². The van der Waals surface area contributed by atoms with Crippen molar-refractivity contribution in [1.82, 2.24) is 4.98 Å². The van der Waals surface area contributed by atoms with Gasteiger partial charge in [0.15, 0.2) is 0 Å². The molecule has 1 aromatic heterocycles. The van der Waals surface area contributed by atoms with Crippen molar-refractivity contribution < 1.29 is 0 Å². The second-order valence-corrected chi connectivity index (χ2v) is 4.40. The van der Waals surface area contributed by atoms with E-state index in [0.29, 0.717) is 0 Å². The lowest BCUT2D eigenvalue weighted by Gasteiger charge is -1.99. The maximum absolute atomic E-state index is 3.75. The molecule has 1 aromatic carbocycles. The molecular formula is C15H19N. The fraction of sp³-hybridized carbons (Fsp3) is 0.333. The van der Waals surface area contributed by atoms with E-state index in [1.807, 2.05) is 6.08 Å². The molecule has 1 heterocycles. The number of hydrogen-bond donors (Lipinski definition) is 1. The molecule has 16 heavy (non-hydrogen) atoms. The number of nitrogens with one attached hydrogen (secondary N) is 1. The number of unbranched alkanes of at least 4 members (excludes halogenated alkanes) is 2. The van der Waals surface area contributed by atoms with Gasteiger partial charge in [0, 0.05) is 17.1 Å². The Morgan fingerprint density at radius 1 is 1.31 bits per heavy atom. The molecule has 0 aliphatic rings. The Morgan fingerprint density at radius 2 is 2.19 bits per heavy atom. The van der Waals surface area contributed by atoms with Gasteiger partial charge < -0.3 is 4.98 Å². The van der Waals surface area contributed by atoms with Crippen LogP contribution in [0, 0.1) is 6.92 Å². The Kier molecular flexibility index (Phi) is 3.45. The summed E-state index contributed by atoms with van der Waals surface area (Å²) in [5.74, 6) is 0. The summed E-state index contributed by atoms with van der Waals surface area (Å²) in [6.45, 7) is 5.90. The van der Waals surface area contributed by atoms with E-state index in [9.17, 15) is 0 Å². The molecule has 1 heteroatoms. The normalized spacial score (nSPS) is 10.8. The highest BCUT2D eigenvalue weighted by Gasteiger charge is 2.02. The lowest BCUT2D eigenvalue weighted by atomic mass is 10.0.